The van der Waals surface area contributed by atoms with Crippen molar-refractivity contribution < 1.29 is 34.0 Å². The first kappa shape index (κ1) is 21.7. The van der Waals surface area contributed by atoms with Gasteiger partial charge in [0.2, 0.25) is 0 Å². The number of ketones is 2. The van der Waals surface area contributed by atoms with Gasteiger partial charge in [-0.15, -0.1) is 0 Å². The number of carbonyl (C=O) groups is 2. The number of phenolic OH excluding ortho intramolecular Hbond substituents is 2. The summed E-state index contributed by atoms with van der Waals surface area (Å²) in [6, 6.07) is 9.26. The van der Waals surface area contributed by atoms with Crippen LogP contribution in [0.3, 0.4) is 0 Å². The van der Waals surface area contributed by atoms with Crippen LogP contribution in [0.5, 0.6) is 23.0 Å². The van der Waals surface area contributed by atoms with Gasteiger partial charge in [-0.25, -0.2) is 0 Å². The Balaban J connectivity index is 1.95. The molecule has 0 radical (unpaired) electrons. The lowest BCUT2D eigenvalue weighted by Gasteiger charge is -2.07. The molecule has 0 aliphatic heterocycles. The van der Waals surface area contributed by atoms with Crippen molar-refractivity contribution in [2.24, 2.45) is 0 Å². The number of benzene rings is 2. The van der Waals surface area contributed by atoms with Crippen LogP contribution in [0.25, 0.3) is 12.2 Å². The van der Waals surface area contributed by atoms with Gasteiger partial charge in [-0.1, -0.05) is 24.3 Å². The van der Waals surface area contributed by atoms with Crippen molar-refractivity contribution >= 4 is 23.7 Å². The van der Waals surface area contributed by atoms with Crippen molar-refractivity contribution in [3.8, 4) is 23.0 Å². The quantitative estimate of drug-likeness (QED) is 0.359. The van der Waals surface area contributed by atoms with Crippen molar-refractivity contribution in [1.29, 1.82) is 0 Å². The molecular formula is C22H22O7. The molecule has 0 aliphatic carbocycles. The Bertz CT molecular complexity index is 929. The van der Waals surface area contributed by atoms with Crippen LogP contribution in [0, 0.1) is 0 Å². The summed E-state index contributed by atoms with van der Waals surface area (Å²) in [6.07, 6.45) is 5.38. The molecule has 2 rings (SSSR count). The number of aromatic hydroxyl groups is 2. The van der Waals surface area contributed by atoms with Gasteiger partial charge in [0, 0.05) is 7.11 Å². The number of allylic oxidation sites excluding steroid dienone is 2. The highest BCUT2D eigenvalue weighted by Gasteiger charge is 2.06. The van der Waals surface area contributed by atoms with Crippen LogP contribution >= 0.6 is 0 Å². The summed E-state index contributed by atoms with van der Waals surface area (Å²) in [4.78, 5) is 24.0. The first-order valence-electron chi connectivity index (χ1n) is 8.66. The molecule has 7 nitrogen and oxygen atoms in total. The minimum atomic E-state index is -0.365. The Kier molecular flexibility index (Phi) is 8.00. The third kappa shape index (κ3) is 6.82. The average molecular weight is 398 g/mol. The summed E-state index contributed by atoms with van der Waals surface area (Å²) in [6.45, 7) is -0.0204. The van der Waals surface area contributed by atoms with Crippen molar-refractivity contribution in [2.75, 3.05) is 21.0 Å². The molecule has 2 aromatic rings. The number of carbonyl (C=O) groups excluding carboxylic acids is 2. The molecule has 29 heavy (non-hydrogen) atoms. The van der Waals surface area contributed by atoms with Crippen LogP contribution < -0.4 is 9.47 Å². The highest BCUT2D eigenvalue weighted by Crippen LogP contribution is 2.28. The van der Waals surface area contributed by atoms with Gasteiger partial charge in [0.1, 0.15) is 0 Å². The Morgan fingerprint density at radius 2 is 1.38 bits per heavy atom. The molecule has 0 spiro atoms. The molecule has 0 unspecified atom stereocenters. The lowest BCUT2D eigenvalue weighted by atomic mass is 10.1. The molecular weight excluding hydrogens is 376 g/mol. The Labute approximate surface area is 168 Å². The first-order chi connectivity index (χ1) is 13.9. The van der Waals surface area contributed by atoms with Gasteiger partial charge in [-0.2, -0.15) is 0 Å². The zero-order valence-electron chi connectivity index (χ0n) is 16.1. The number of rotatable bonds is 10. The maximum absolute atomic E-state index is 12.0. The van der Waals surface area contributed by atoms with Crippen molar-refractivity contribution in [2.45, 2.75) is 6.42 Å². The molecule has 0 saturated heterocycles. The van der Waals surface area contributed by atoms with Crippen LogP contribution in [0.4, 0.5) is 0 Å². The normalized spacial score (nSPS) is 11.1. The first-order valence-corrected chi connectivity index (χ1v) is 8.66. The molecule has 0 aliphatic rings. The zero-order chi connectivity index (χ0) is 21.2. The fourth-order valence-electron chi connectivity index (χ4n) is 2.34. The van der Waals surface area contributed by atoms with Crippen LogP contribution in [-0.4, -0.2) is 42.8 Å². The topological polar surface area (TPSA) is 102 Å². The lowest BCUT2D eigenvalue weighted by Crippen LogP contribution is -2.02. The van der Waals surface area contributed by atoms with Gasteiger partial charge < -0.3 is 24.4 Å². The Morgan fingerprint density at radius 1 is 0.862 bits per heavy atom. The molecule has 2 N–H and O–H groups in total. The molecule has 0 saturated carbocycles. The second kappa shape index (κ2) is 10.7. The molecule has 152 valence electrons. The number of hydrogen-bond acceptors (Lipinski definition) is 7. The number of phenols is 2. The van der Waals surface area contributed by atoms with Crippen LogP contribution in [-0.2, 0) is 14.3 Å². The molecule has 0 heterocycles. The van der Waals surface area contributed by atoms with Gasteiger partial charge in [-0.05, 0) is 47.5 Å². The lowest BCUT2D eigenvalue weighted by molar-refractivity contribution is -0.121. The zero-order valence-corrected chi connectivity index (χ0v) is 16.1. The minimum absolute atomic E-state index is 0.00120. The van der Waals surface area contributed by atoms with E-state index in [1.165, 1.54) is 44.6 Å². The van der Waals surface area contributed by atoms with Gasteiger partial charge in [0.05, 0.1) is 13.5 Å². The van der Waals surface area contributed by atoms with E-state index in [2.05, 4.69) is 0 Å². The fourth-order valence-corrected chi connectivity index (χ4v) is 2.34. The molecule has 2 aromatic carbocycles. The Morgan fingerprint density at radius 3 is 1.90 bits per heavy atom. The summed E-state index contributed by atoms with van der Waals surface area (Å²) in [5.41, 5.74) is 1.28. The van der Waals surface area contributed by atoms with E-state index >= 15 is 0 Å². The summed E-state index contributed by atoms with van der Waals surface area (Å²) in [5, 5.41) is 19.3. The second-order valence-corrected chi connectivity index (χ2v) is 5.99. The fraction of sp³-hybridized carbons (Fsp3) is 0.182. The summed E-state index contributed by atoms with van der Waals surface area (Å²) in [5.74, 6) is -0.249. The van der Waals surface area contributed by atoms with Gasteiger partial charge >= 0.3 is 0 Å². The predicted octanol–water partition coefficient (Wildman–Crippen LogP) is 3.34. The molecule has 0 amide bonds. The summed E-state index contributed by atoms with van der Waals surface area (Å²) >= 11 is 0. The maximum Gasteiger partial charge on any atom is 0.188 e. The SMILES string of the molecule is COCOc1cc(C=CC(=O)CC(=O)C=Cc2ccc(O)c(OC)c2)ccc1O. The standard InChI is InChI=1S/C22H22O7/c1-27-14-29-22-12-16(6-10-20(22)26)4-8-18(24)13-17(23)7-3-15-5-9-19(25)21(11-15)28-2/h3-12,25-26H,13-14H2,1-2H3. The molecule has 0 fully saturated rings. The molecule has 0 aromatic heterocycles. The highest BCUT2D eigenvalue weighted by molar-refractivity contribution is 6.10. The van der Waals surface area contributed by atoms with Gasteiger partial charge in [0.15, 0.2) is 41.4 Å². The monoisotopic (exact) mass is 398 g/mol. The number of hydrogen-bond donors (Lipinski definition) is 2. The molecule has 0 atom stereocenters. The predicted molar refractivity (Wildman–Crippen MR) is 108 cm³/mol. The van der Waals surface area contributed by atoms with Crippen LogP contribution in [0.15, 0.2) is 48.6 Å². The van der Waals surface area contributed by atoms with Gasteiger partial charge in [-0.3, -0.25) is 9.59 Å². The van der Waals surface area contributed by atoms with E-state index in [1.807, 2.05) is 0 Å². The third-order valence-electron chi connectivity index (χ3n) is 3.79. The van der Waals surface area contributed by atoms with Crippen molar-refractivity contribution in [1.82, 2.24) is 0 Å². The smallest absolute Gasteiger partial charge is 0.188 e. The van der Waals surface area contributed by atoms with E-state index in [-0.39, 0.29) is 42.0 Å². The van der Waals surface area contributed by atoms with E-state index in [0.717, 1.165) is 0 Å². The Hall–Kier alpha value is -3.58. The maximum atomic E-state index is 12.0. The summed E-state index contributed by atoms with van der Waals surface area (Å²) in [7, 11) is 2.89. The third-order valence-corrected chi connectivity index (χ3v) is 3.79. The van der Waals surface area contributed by atoms with Crippen LogP contribution in [0.1, 0.15) is 17.5 Å². The van der Waals surface area contributed by atoms with E-state index < -0.39 is 0 Å². The number of methoxy groups -OCH3 is 2. The second-order valence-electron chi connectivity index (χ2n) is 5.99. The molecule has 0 bridgehead atoms. The van der Waals surface area contributed by atoms with Crippen LogP contribution in [0.2, 0.25) is 0 Å². The number of ether oxygens (including phenoxy) is 3. The van der Waals surface area contributed by atoms with Crippen molar-refractivity contribution in [3.63, 3.8) is 0 Å². The highest BCUT2D eigenvalue weighted by atomic mass is 16.7. The van der Waals surface area contributed by atoms with Gasteiger partial charge in [0.25, 0.3) is 0 Å². The average Bonchev–Trinajstić information content (AvgIpc) is 2.71. The summed E-state index contributed by atoms with van der Waals surface area (Å²) < 4.78 is 15.0. The van der Waals surface area contributed by atoms with E-state index in [4.69, 9.17) is 14.2 Å². The minimum Gasteiger partial charge on any atom is -0.504 e. The largest absolute Gasteiger partial charge is 0.504 e. The van der Waals surface area contributed by atoms with E-state index in [1.54, 1.807) is 30.3 Å². The van der Waals surface area contributed by atoms with E-state index in [0.29, 0.717) is 16.9 Å². The van der Waals surface area contributed by atoms with Crippen molar-refractivity contribution in [3.05, 3.63) is 59.7 Å². The molecule has 7 heteroatoms. The van der Waals surface area contributed by atoms with E-state index in [9.17, 15) is 19.8 Å².